The number of nitrogen functional groups attached to an aromatic ring is 1. The van der Waals surface area contributed by atoms with Gasteiger partial charge in [0.2, 0.25) is 0 Å². The molecule has 1 aliphatic heterocycles. The van der Waals surface area contributed by atoms with E-state index in [9.17, 15) is 0 Å². The highest BCUT2D eigenvalue weighted by Gasteiger charge is 2.31. The van der Waals surface area contributed by atoms with Crippen molar-refractivity contribution in [3.63, 3.8) is 0 Å². The Bertz CT molecular complexity index is 734. The average Bonchev–Trinajstić information content (AvgIpc) is 2.82. The third-order valence-corrected chi connectivity index (χ3v) is 3.98. The molecule has 6 nitrogen and oxygen atoms in total. The summed E-state index contributed by atoms with van der Waals surface area (Å²) in [5.41, 5.74) is 10.5. The van der Waals surface area contributed by atoms with Crippen molar-refractivity contribution < 1.29 is 22.2 Å². The lowest BCUT2D eigenvalue weighted by atomic mass is 10.1. The van der Waals surface area contributed by atoms with E-state index >= 15 is 0 Å². The van der Waals surface area contributed by atoms with E-state index in [2.05, 4.69) is 35.4 Å². The fourth-order valence-corrected chi connectivity index (χ4v) is 2.67. The summed E-state index contributed by atoms with van der Waals surface area (Å²) in [6.07, 6.45) is 0. The van der Waals surface area contributed by atoms with Crippen LogP contribution in [0.2, 0.25) is 0 Å². The first-order chi connectivity index (χ1) is 10.6. The molecule has 0 aromatic heterocycles. The summed E-state index contributed by atoms with van der Waals surface area (Å²) in [5.74, 6) is 0.690. The van der Waals surface area contributed by atoms with Crippen LogP contribution in [0.3, 0.4) is 0 Å². The maximum absolute atomic E-state index is 6.12. The summed E-state index contributed by atoms with van der Waals surface area (Å²) in [4.78, 5) is 0. The molecular formula is C16H20ClN5O. The van der Waals surface area contributed by atoms with Crippen LogP contribution in [0, 0.1) is 0 Å². The highest BCUT2D eigenvalue weighted by atomic mass is 35.5. The van der Waals surface area contributed by atoms with E-state index < -0.39 is 0 Å². The van der Waals surface area contributed by atoms with Crippen LogP contribution >= 0.6 is 0 Å². The monoisotopic (exact) mass is 333 g/mol. The molecule has 1 aliphatic rings. The van der Waals surface area contributed by atoms with Crippen molar-refractivity contribution in [3.05, 3.63) is 42.0 Å². The van der Waals surface area contributed by atoms with Crippen LogP contribution in [0.25, 0.3) is 0 Å². The Hall–Kier alpha value is -2.15. The molecule has 0 amide bonds. The van der Waals surface area contributed by atoms with Gasteiger partial charge in [-0.3, -0.25) is 0 Å². The van der Waals surface area contributed by atoms with Crippen molar-refractivity contribution in [2.45, 2.75) is 6.54 Å². The van der Waals surface area contributed by atoms with Gasteiger partial charge in [-0.15, -0.1) is 10.2 Å². The number of methoxy groups -OCH3 is 1. The Morgan fingerprint density at radius 3 is 2.65 bits per heavy atom. The lowest BCUT2D eigenvalue weighted by Crippen LogP contribution is -3.08. The Labute approximate surface area is 141 Å². The second-order valence-corrected chi connectivity index (χ2v) is 5.35. The number of nitrogens with zero attached hydrogens (tertiary/aromatic N) is 3. The van der Waals surface area contributed by atoms with Crippen molar-refractivity contribution in [2.24, 2.45) is 10.2 Å². The van der Waals surface area contributed by atoms with Gasteiger partial charge >= 0.3 is 0 Å². The van der Waals surface area contributed by atoms with Gasteiger partial charge in [-0.2, -0.15) is 5.01 Å². The molecule has 0 saturated carbocycles. The van der Waals surface area contributed by atoms with E-state index in [0.29, 0.717) is 17.1 Å². The van der Waals surface area contributed by atoms with Gasteiger partial charge in [-0.05, 0) is 24.3 Å². The average molecular weight is 334 g/mol. The predicted molar refractivity (Wildman–Crippen MR) is 86.0 cm³/mol. The Morgan fingerprint density at radius 1 is 1.17 bits per heavy atom. The minimum absolute atomic E-state index is 0. The topological polar surface area (TPSA) is 67.6 Å². The minimum Gasteiger partial charge on any atom is -1.00 e. The van der Waals surface area contributed by atoms with Gasteiger partial charge in [0.05, 0.1) is 26.4 Å². The lowest BCUT2D eigenvalue weighted by Gasteiger charge is -2.15. The van der Waals surface area contributed by atoms with Gasteiger partial charge in [0.15, 0.2) is 11.4 Å². The summed E-state index contributed by atoms with van der Waals surface area (Å²) in [5, 5.41) is 12.1. The zero-order valence-electron chi connectivity index (χ0n) is 13.4. The number of nitrogens with two attached hydrogens (primary N) is 1. The molecule has 0 radical (unpaired) electrons. The number of anilines is 1. The van der Waals surface area contributed by atoms with Crippen molar-refractivity contribution >= 4 is 22.7 Å². The van der Waals surface area contributed by atoms with E-state index in [1.165, 1.54) is 5.56 Å². The molecule has 2 aromatic rings. The molecule has 0 bridgehead atoms. The van der Waals surface area contributed by atoms with Crippen molar-refractivity contribution in [3.8, 4) is 5.75 Å². The van der Waals surface area contributed by atoms with Crippen LogP contribution in [-0.2, 0) is 6.54 Å². The predicted octanol–water partition coefficient (Wildman–Crippen LogP) is -0.797. The SMILES string of the molecule is COc1ccccc1N=Nc1c(N)ccc2c1[NH+](C)N(C)C2.[Cl-]. The number of quaternary nitrogens is 1. The highest BCUT2D eigenvalue weighted by Crippen LogP contribution is 2.37. The maximum Gasteiger partial charge on any atom is 0.185 e. The minimum atomic E-state index is 0. The molecule has 122 valence electrons. The van der Waals surface area contributed by atoms with Crippen LogP contribution < -0.4 is 27.9 Å². The summed E-state index contributed by atoms with van der Waals surface area (Å²) < 4.78 is 5.30. The molecule has 3 rings (SSSR count). The fourth-order valence-electron chi connectivity index (χ4n) is 2.67. The number of halogens is 1. The Balaban J connectivity index is 0.00000192. The molecule has 0 fully saturated rings. The molecule has 1 atom stereocenters. The number of hydrogen-bond donors (Lipinski definition) is 2. The maximum atomic E-state index is 6.12. The van der Waals surface area contributed by atoms with Crippen LogP contribution in [-0.4, -0.2) is 26.2 Å². The first-order valence-corrected chi connectivity index (χ1v) is 7.13. The van der Waals surface area contributed by atoms with Crippen molar-refractivity contribution in [1.82, 2.24) is 5.01 Å². The molecule has 23 heavy (non-hydrogen) atoms. The molecule has 2 aromatic carbocycles. The highest BCUT2D eigenvalue weighted by molar-refractivity contribution is 5.76. The van der Waals surface area contributed by atoms with Crippen LogP contribution in [0.1, 0.15) is 5.56 Å². The first-order valence-electron chi connectivity index (χ1n) is 7.13. The summed E-state index contributed by atoms with van der Waals surface area (Å²) in [7, 11) is 5.76. The molecule has 1 unspecified atom stereocenters. The molecular weight excluding hydrogens is 314 g/mol. The van der Waals surface area contributed by atoms with Gasteiger partial charge in [0.1, 0.15) is 11.4 Å². The molecule has 7 heteroatoms. The van der Waals surface area contributed by atoms with E-state index in [0.717, 1.165) is 22.9 Å². The lowest BCUT2D eigenvalue weighted by molar-refractivity contribution is -0.931. The largest absolute Gasteiger partial charge is 1.00 e. The third kappa shape index (κ3) is 3.14. The fraction of sp³-hybridized carbons (Fsp3) is 0.250. The van der Waals surface area contributed by atoms with E-state index in [1.807, 2.05) is 30.3 Å². The van der Waals surface area contributed by atoms with Crippen molar-refractivity contribution in [1.29, 1.82) is 0 Å². The Kier molecular flexibility index (Phi) is 5.20. The van der Waals surface area contributed by atoms with Gasteiger partial charge in [-0.25, -0.2) is 5.01 Å². The molecule has 3 N–H and O–H groups in total. The normalized spacial score (nSPS) is 17.1. The number of ether oxygens (including phenoxy) is 1. The zero-order valence-corrected chi connectivity index (χ0v) is 14.1. The van der Waals surface area contributed by atoms with Crippen LogP contribution in [0.5, 0.6) is 5.75 Å². The molecule has 0 saturated heterocycles. The number of para-hydroxylation sites is 1. The van der Waals surface area contributed by atoms with Gasteiger partial charge in [0, 0.05) is 12.6 Å². The van der Waals surface area contributed by atoms with Gasteiger partial charge in [0.25, 0.3) is 0 Å². The van der Waals surface area contributed by atoms with Crippen molar-refractivity contribution in [2.75, 3.05) is 26.9 Å². The summed E-state index contributed by atoms with van der Waals surface area (Å²) in [6, 6.07) is 11.5. The quantitative estimate of drug-likeness (QED) is 0.571. The number of nitrogens with one attached hydrogen (secondary N) is 1. The Morgan fingerprint density at radius 2 is 1.91 bits per heavy atom. The van der Waals surface area contributed by atoms with E-state index in [1.54, 1.807) is 7.11 Å². The number of rotatable bonds is 3. The van der Waals surface area contributed by atoms with Crippen LogP contribution in [0.4, 0.5) is 22.7 Å². The van der Waals surface area contributed by atoms with Gasteiger partial charge < -0.3 is 22.9 Å². The van der Waals surface area contributed by atoms with Crippen LogP contribution in [0.15, 0.2) is 46.6 Å². The van der Waals surface area contributed by atoms with E-state index in [4.69, 9.17) is 10.5 Å². The second-order valence-electron chi connectivity index (χ2n) is 5.35. The number of fused-ring (bicyclic) bond motifs is 1. The summed E-state index contributed by atoms with van der Waals surface area (Å²) in [6.45, 7) is 0.874. The number of azo groups is 1. The summed E-state index contributed by atoms with van der Waals surface area (Å²) >= 11 is 0. The number of hydrogen-bond acceptors (Lipinski definition) is 5. The third-order valence-electron chi connectivity index (χ3n) is 3.98. The van der Waals surface area contributed by atoms with E-state index in [-0.39, 0.29) is 12.4 Å². The first kappa shape index (κ1) is 17.2. The van der Waals surface area contributed by atoms with Gasteiger partial charge in [-0.1, -0.05) is 12.1 Å². The molecule has 0 spiro atoms. The molecule has 1 heterocycles. The molecule has 0 aliphatic carbocycles. The standard InChI is InChI=1S/C16H19N5O.ClH/c1-20-10-11-8-9-12(17)15(16(11)21(20)2)19-18-13-6-4-5-7-14(13)22-3;/h4-9H,10,17H2,1-3H3;1H. The second kappa shape index (κ2) is 6.95. The number of benzene rings is 2. The zero-order chi connectivity index (χ0) is 15.7. The smallest absolute Gasteiger partial charge is 0.185 e.